The summed E-state index contributed by atoms with van der Waals surface area (Å²) in [7, 11) is 1.56. The van der Waals surface area contributed by atoms with Gasteiger partial charge in [0.2, 0.25) is 5.91 Å². The highest BCUT2D eigenvalue weighted by atomic mass is 16.5. The van der Waals surface area contributed by atoms with E-state index in [9.17, 15) is 9.59 Å². The highest BCUT2D eigenvalue weighted by Crippen LogP contribution is 2.42. The van der Waals surface area contributed by atoms with Crippen molar-refractivity contribution >= 4 is 11.8 Å². The van der Waals surface area contributed by atoms with E-state index in [-0.39, 0.29) is 23.9 Å². The fourth-order valence-electron chi connectivity index (χ4n) is 5.43. The van der Waals surface area contributed by atoms with Gasteiger partial charge in [-0.25, -0.2) is 4.68 Å². The summed E-state index contributed by atoms with van der Waals surface area (Å²) in [6.07, 6.45) is 5.67. The lowest BCUT2D eigenvalue weighted by atomic mass is 10.1. The first kappa shape index (κ1) is 23.7. The van der Waals surface area contributed by atoms with Crippen molar-refractivity contribution in [2.24, 2.45) is 5.73 Å². The van der Waals surface area contributed by atoms with Crippen LogP contribution in [0.25, 0.3) is 0 Å². The molecule has 2 heterocycles. The first-order chi connectivity index (χ1) is 18.1. The predicted octanol–water partition coefficient (Wildman–Crippen LogP) is 2.75. The number of nitrogens with two attached hydrogens (primary N) is 1. The molecule has 9 heteroatoms. The number of nitrogens with one attached hydrogen (secondary N) is 1. The molecule has 2 amide bonds. The second kappa shape index (κ2) is 9.63. The summed E-state index contributed by atoms with van der Waals surface area (Å²) in [5.74, 6) is 1.05. The number of carbonyl (C=O) groups is 2. The summed E-state index contributed by atoms with van der Waals surface area (Å²) in [5, 5.41) is 11.9. The van der Waals surface area contributed by atoms with Crippen LogP contribution in [0.5, 0.6) is 5.75 Å². The van der Waals surface area contributed by atoms with Gasteiger partial charge in [0, 0.05) is 54.7 Å². The number of ether oxygens (including phenoxy) is 1. The van der Waals surface area contributed by atoms with Crippen molar-refractivity contribution in [3.8, 4) is 5.75 Å². The summed E-state index contributed by atoms with van der Waals surface area (Å²) in [6, 6.07) is 14.9. The SMILES string of the molecule is COc1cc(C(=O)N2C[C@@H](n3cc(C4CC4)nn3)C[C@H]2C(=O)N[C@H]2C[C@@H]2c2ccccc2)ccc1CN. The Bertz CT molecular complexity index is 1300. The van der Waals surface area contributed by atoms with Crippen LogP contribution in [0.2, 0.25) is 0 Å². The number of hydrogen-bond donors (Lipinski definition) is 2. The topological polar surface area (TPSA) is 115 Å². The zero-order chi connectivity index (χ0) is 25.5. The smallest absolute Gasteiger partial charge is 0.254 e. The zero-order valence-corrected chi connectivity index (χ0v) is 20.9. The van der Waals surface area contributed by atoms with E-state index < -0.39 is 6.04 Å². The van der Waals surface area contributed by atoms with Gasteiger partial charge in [0.1, 0.15) is 11.8 Å². The quantitative estimate of drug-likeness (QED) is 0.492. The van der Waals surface area contributed by atoms with Crippen LogP contribution in [0, 0.1) is 0 Å². The minimum atomic E-state index is -0.594. The molecule has 2 saturated carbocycles. The van der Waals surface area contributed by atoms with Crippen LogP contribution in [0.4, 0.5) is 0 Å². The maximum Gasteiger partial charge on any atom is 0.254 e. The fraction of sp³-hybridized carbons (Fsp3) is 0.429. The molecule has 0 unspecified atom stereocenters. The molecule has 1 saturated heterocycles. The number of rotatable bonds is 8. The van der Waals surface area contributed by atoms with E-state index >= 15 is 0 Å². The van der Waals surface area contributed by atoms with E-state index in [1.165, 1.54) is 5.56 Å². The summed E-state index contributed by atoms with van der Waals surface area (Å²) < 4.78 is 7.28. The Labute approximate surface area is 216 Å². The number of methoxy groups -OCH3 is 1. The van der Waals surface area contributed by atoms with Crippen molar-refractivity contribution in [2.75, 3.05) is 13.7 Å². The van der Waals surface area contributed by atoms with Gasteiger partial charge in [-0.3, -0.25) is 9.59 Å². The minimum Gasteiger partial charge on any atom is -0.496 e. The van der Waals surface area contributed by atoms with Crippen LogP contribution < -0.4 is 15.8 Å². The molecule has 0 radical (unpaired) electrons. The van der Waals surface area contributed by atoms with Gasteiger partial charge in [0.15, 0.2) is 0 Å². The second-order valence-corrected chi connectivity index (χ2v) is 10.4. The van der Waals surface area contributed by atoms with E-state index in [1.807, 2.05) is 35.1 Å². The molecule has 0 bridgehead atoms. The molecule has 4 atom stereocenters. The van der Waals surface area contributed by atoms with Gasteiger partial charge in [0.25, 0.3) is 5.91 Å². The van der Waals surface area contributed by atoms with E-state index in [1.54, 1.807) is 24.1 Å². The number of hydrogen-bond acceptors (Lipinski definition) is 6. The van der Waals surface area contributed by atoms with E-state index in [2.05, 4.69) is 27.8 Å². The highest BCUT2D eigenvalue weighted by Gasteiger charge is 2.45. The van der Waals surface area contributed by atoms with Crippen LogP contribution in [0.1, 0.15) is 70.7 Å². The molecule has 6 rings (SSSR count). The predicted molar refractivity (Wildman–Crippen MR) is 137 cm³/mol. The molecule has 0 spiro atoms. The van der Waals surface area contributed by atoms with Gasteiger partial charge in [-0.1, -0.05) is 41.6 Å². The third-order valence-corrected chi connectivity index (χ3v) is 7.84. The van der Waals surface area contributed by atoms with Gasteiger partial charge < -0.3 is 20.7 Å². The Morgan fingerprint density at radius 1 is 1.14 bits per heavy atom. The first-order valence-electron chi connectivity index (χ1n) is 13.0. The van der Waals surface area contributed by atoms with Crippen molar-refractivity contribution in [3.63, 3.8) is 0 Å². The lowest BCUT2D eigenvalue weighted by Crippen LogP contribution is -2.46. The van der Waals surface area contributed by atoms with Crippen LogP contribution >= 0.6 is 0 Å². The number of likely N-dealkylation sites (tertiary alicyclic amines) is 1. The third kappa shape index (κ3) is 4.71. The molecule has 2 aromatic carbocycles. The normalized spacial score (nSPS) is 24.6. The van der Waals surface area contributed by atoms with Gasteiger partial charge in [-0.2, -0.15) is 0 Å². The van der Waals surface area contributed by atoms with Crippen LogP contribution in [-0.2, 0) is 11.3 Å². The monoisotopic (exact) mass is 500 g/mol. The summed E-state index contributed by atoms with van der Waals surface area (Å²) in [4.78, 5) is 29.0. The molecule has 3 aromatic rings. The van der Waals surface area contributed by atoms with Gasteiger partial charge in [0.05, 0.1) is 18.8 Å². The molecule has 3 N–H and O–H groups in total. The van der Waals surface area contributed by atoms with Crippen molar-refractivity contribution in [1.82, 2.24) is 25.2 Å². The average Bonchev–Trinajstić information content (AvgIpc) is 3.83. The Hall–Kier alpha value is -3.72. The Morgan fingerprint density at radius 2 is 1.95 bits per heavy atom. The highest BCUT2D eigenvalue weighted by molar-refractivity contribution is 5.98. The second-order valence-electron chi connectivity index (χ2n) is 10.4. The molecule has 37 heavy (non-hydrogen) atoms. The van der Waals surface area contributed by atoms with Crippen LogP contribution in [0.3, 0.4) is 0 Å². The largest absolute Gasteiger partial charge is 0.496 e. The average molecular weight is 501 g/mol. The Kier molecular flexibility index (Phi) is 6.16. The molecule has 1 aliphatic heterocycles. The molecule has 2 aliphatic carbocycles. The Morgan fingerprint density at radius 3 is 2.68 bits per heavy atom. The number of benzene rings is 2. The molecular weight excluding hydrogens is 468 g/mol. The lowest BCUT2D eigenvalue weighted by Gasteiger charge is -2.24. The van der Waals surface area contributed by atoms with Gasteiger partial charge >= 0.3 is 0 Å². The summed E-state index contributed by atoms with van der Waals surface area (Å²) in [5.41, 5.74) is 9.33. The molecule has 1 aromatic heterocycles. The van der Waals surface area contributed by atoms with E-state index in [0.29, 0.717) is 42.7 Å². The minimum absolute atomic E-state index is 0.0858. The maximum atomic E-state index is 13.7. The summed E-state index contributed by atoms with van der Waals surface area (Å²) >= 11 is 0. The molecule has 3 aliphatic rings. The maximum absolute atomic E-state index is 13.7. The van der Waals surface area contributed by atoms with Crippen LogP contribution in [0.15, 0.2) is 54.7 Å². The Balaban J connectivity index is 1.23. The molecule has 3 fully saturated rings. The number of aromatic nitrogens is 3. The fourth-order valence-corrected chi connectivity index (χ4v) is 5.43. The van der Waals surface area contributed by atoms with Crippen molar-refractivity contribution in [3.05, 3.63) is 77.1 Å². The van der Waals surface area contributed by atoms with E-state index in [4.69, 9.17) is 10.5 Å². The zero-order valence-electron chi connectivity index (χ0n) is 20.9. The standard InChI is InChI=1S/C28H32N6O3/c1-37-26-11-19(9-10-20(26)14-29)28(36)33-15-21(34-16-24(31-32-34)18-7-8-18)12-25(33)27(35)30-23-13-22(23)17-5-3-2-4-6-17/h2-6,9-11,16,18,21-23,25H,7-8,12-15,29H2,1H3,(H,30,35)/t21-,22+,23-,25-/m0/s1. The summed E-state index contributed by atoms with van der Waals surface area (Å²) in [6.45, 7) is 0.701. The number of nitrogens with zero attached hydrogens (tertiary/aromatic N) is 4. The number of carbonyl (C=O) groups excluding carboxylic acids is 2. The van der Waals surface area contributed by atoms with Gasteiger partial charge in [-0.05, 0) is 37.0 Å². The van der Waals surface area contributed by atoms with Crippen molar-refractivity contribution in [2.45, 2.75) is 62.2 Å². The molecule has 9 nitrogen and oxygen atoms in total. The van der Waals surface area contributed by atoms with Gasteiger partial charge in [-0.15, -0.1) is 5.10 Å². The van der Waals surface area contributed by atoms with Crippen molar-refractivity contribution in [1.29, 1.82) is 0 Å². The first-order valence-corrected chi connectivity index (χ1v) is 13.0. The molecular formula is C28H32N6O3. The lowest BCUT2D eigenvalue weighted by molar-refractivity contribution is -0.125. The molecule has 192 valence electrons. The van der Waals surface area contributed by atoms with E-state index in [0.717, 1.165) is 30.5 Å². The number of amides is 2. The van der Waals surface area contributed by atoms with Crippen LogP contribution in [-0.4, -0.2) is 57.4 Å². The van der Waals surface area contributed by atoms with Crippen molar-refractivity contribution < 1.29 is 14.3 Å². The third-order valence-electron chi connectivity index (χ3n) is 7.84.